The SMILES string of the molecule is COc1ccc(C)cc1CS(=O)(=O)Cc1cc2c(cc1Br)OCO2. The number of fused-ring (bicyclic) bond motifs is 1. The van der Waals surface area contributed by atoms with E-state index in [0.717, 1.165) is 5.56 Å². The lowest BCUT2D eigenvalue weighted by Crippen LogP contribution is -2.09. The molecule has 1 aliphatic heterocycles. The van der Waals surface area contributed by atoms with E-state index in [-0.39, 0.29) is 18.3 Å². The molecule has 7 heteroatoms. The van der Waals surface area contributed by atoms with Crippen molar-refractivity contribution in [2.75, 3.05) is 13.9 Å². The lowest BCUT2D eigenvalue weighted by molar-refractivity contribution is 0.174. The Morgan fingerprint density at radius 2 is 1.75 bits per heavy atom. The van der Waals surface area contributed by atoms with Gasteiger partial charge in [0.05, 0.1) is 18.6 Å². The van der Waals surface area contributed by atoms with Crippen LogP contribution >= 0.6 is 15.9 Å². The zero-order valence-corrected chi connectivity index (χ0v) is 15.7. The summed E-state index contributed by atoms with van der Waals surface area (Å²) in [5, 5.41) is 0. The molecule has 0 saturated heterocycles. The quantitative estimate of drug-likeness (QED) is 0.750. The number of rotatable bonds is 5. The maximum Gasteiger partial charge on any atom is 0.231 e. The number of aryl methyl sites for hydroxylation is 1. The summed E-state index contributed by atoms with van der Waals surface area (Å²) in [6.45, 7) is 2.07. The predicted molar refractivity (Wildman–Crippen MR) is 94.3 cm³/mol. The molecule has 0 spiro atoms. The molecule has 0 radical (unpaired) electrons. The molecule has 1 heterocycles. The van der Waals surface area contributed by atoms with Crippen molar-refractivity contribution in [1.82, 2.24) is 0 Å². The van der Waals surface area contributed by atoms with E-state index in [9.17, 15) is 8.42 Å². The van der Waals surface area contributed by atoms with Crippen molar-refractivity contribution in [3.8, 4) is 17.2 Å². The summed E-state index contributed by atoms with van der Waals surface area (Å²) in [6.07, 6.45) is 0. The predicted octanol–water partition coefficient (Wildman–Crippen LogP) is 3.61. The molecule has 1 aliphatic rings. The molecule has 2 aromatic rings. The Morgan fingerprint density at radius 3 is 2.46 bits per heavy atom. The number of hydrogen-bond acceptors (Lipinski definition) is 5. The number of hydrogen-bond donors (Lipinski definition) is 0. The highest BCUT2D eigenvalue weighted by molar-refractivity contribution is 9.10. The summed E-state index contributed by atoms with van der Waals surface area (Å²) in [7, 11) is -1.85. The van der Waals surface area contributed by atoms with Crippen molar-refractivity contribution in [2.24, 2.45) is 0 Å². The average molecular weight is 413 g/mol. The van der Waals surface area contributed by atoms with Gasteiger partial charge in [-0.1, -0.05) is 33.6 Å². The van der Waals surface area contributed by atoms with Crippen molar-refractivity contribution >= 4 is 25.8 Å². The summed E-state index contributed by atoms with van der Waals surface area (Å²) in [4.78, 5) is 0. The van der Waals surface area contributed by atoms with E-state index in [0.29, 0.717) is 32.8 Å². The second-order valence-electron chi connectivity index (χ2n) is 5.64. The van der Waals surface area contributed by atoms with Gasteiger partial charge in [-0.25, -0.2) is 8.42 Å². The van der Waals surface area contributed by atoms with Crippen molar-refractivity contribution in [3.05, 3.63) is 51.5 Å². The molecule has 0 atom stereocenters. The fourth-order valence-corrected chi connectivity index (χ4v) is 4.78. The van der Waals surface area contributed by atoms with E-state index < -0.39 is 9.84 Å². The van der Waals surface area contributed by atoms with E-state index in [4.69, 9.17) is 14.2 Å². The normalized spacial score (nSPS) is 13.1. The molecule has 0 N–H and O–H groups in total. The molecular weight excluding hydrogens is 396 g/mol. The minimum absolute atomic E-state index is 0.0846. The zero-order valence-electron chi connectivity index (χ0n) is 13.3. The van der Waals surface area contributed by atoms with Crippen LogP contribution in [0.1, 0.15) is 16.7 Å². The molecule has 128 valence electrons. The summed E-state index contributed by atoms with van der Waals surface area (Å²) < 4.78 is 41.9. The van der Waals surface area contributed by atoms with Crippen LogP contribution in [0.5, 0.6) is 17.2 Å². The van der Waals surface area contributed by atoms with Gasteiger partial charge in [-0.15, -0.1) is 0 Å². The van der Waals surface area contributed by atoms with E-state index in [1.165, 1.54) is 7.11 Å². The number of benzene rings is 2. The Bertz CT molecular complexity index is 877. The number of halogens is 1. The first kappa shape index (κ1) is 17.1. The number of sulfone groups is 1. The molecular formula is C17H17BrO5S. The molecule has 0 aromatic heterocycles. The Balaban J connectivity index is 1.86. The molecule has 0 fully saturated rings. The number of methoxy groups -OCH3 is 1. The molecule has 0 amide bonds. The lowest BCUT2D eigenvalue weighted by Gasteiger charge is -2.11. The largest absolute Gasteiger partial charge is 0.496 e. The van der Waals surface area contributed by atoms with Crippen molar-refractivity contribution in [2.45, 2.75) is 18.4 Å². The highest BCUT2D eigenvalue weighted by atomic mass is 79.9. The average Bonchev–Trinajstić information content (AvgIpc) is 2.94. The highest BCUT2D eigenvalue weighted by Gasteiger charge is 2.21. The second-order valence-corrected chi connectivity index (χ2v) is 8.56. The van der Waals surface area contributed by atoms with E-state index in [1.54, 1.807) is 18.2 Å². The molecule has 24 heavy (non-hydrogen) atoms. The zero-order chi connectivity index (χ0) is 17.3. The van der Waals surface area contributed by atoms with Crippen LogP contribution in [0.25, 0.3) is 0 Å². The van der Waals surface area contributed by atoms with Crippen LogP contribution in [0.3, 0.4) is 0 Å². The smallest absolute Gasteiger partial charge is 0.231 e. The summed E-state index contributed by atoms with van der Waals surface area (Å²) >= 11 is 3.40. The monoisotopic (exact) mass is 412 g/mol. The van der Waals surface area contributed by atoms with E-state index in [1.807, 2.05) is 19.1 Å². The van der Waals surface area contributed by atoms with Crippen molar-refractivity contribution in [1.29, 1.82) is 0 Å². The molecule has 0 unspecified atom stereocenters. The minimum Gasteiger partial charge on any atom is -0.496 e. The van der Waals surface area contributed by atoms with Gasteiger partial charge in [0.1, 0.15) is 5.75 Å². The van der Waals surface area contributed by atoms with Gasteiger partial charge in [0.15, 0.2) is 21.3 Å². The van der Waals surface area contributed by atoms with Gasteiger partial charge < -0.3 is 14.2 Å². The first-order chi connectivity index (χ1) is 11.4. The Labute approximate surface area is 149 Å². The standard InChI is InChI=1S/C17H17BrO5S/c1-11-3-4-15(21-2)13(5-11)9-24(19,20)8-12-6-16-17(7-14(12)18)23-10-22-16/h3-7H,8-10H2,1-2H3. The van der Waals surface area contributed by atoms with Crippen molar-refractivity contribution < 1.29 is 22.6 Å². The minimum atomic E-state index is -3.38. The van der Waals surface area contributed by atoms with Gasteiger partial charge in [0, 0.05) is 10.0 Å². The summed E-state index contributed by atoms with van der Waals surface area (Å²) in [5.41, 5.74) is 2.30. The Hall–Kier alpha value is -1.73. The van der Waals surface area contributed by atoms with Gasteiger partial charge in [0.25, 0.3) is 0 Å². The summed E-state index contributed by atoms with van der Waals surface area (Å²) in [5.74, 6) is 1.58. The molecule has 5 nitrogen and oxygen atoms in total. The first-order valence-electron chi connectivity index (χ1n) is 7.30. The van der Waals surface area contributed by atoms with Crippen LogP contribution in [-0.4, -0.2) is 22.3 Å². The van der Waals surface area contributed by atoms with Crippen LogP contribution in [0.2, 0.25) is 0 Å². The van der Waals surface area contributed by atoms with Gasteiger partial charge >= 0.3 is 0 Å². The Kier molecular flexibility index (Phi) is 4.73. The highest BCUT2D eigenvalue weighted by Crippen LogP contribution is 2.38. The van der Waals surface area contributed by atoms with Crippen LogP contribution < -0.4 is 14.2 Å². The third-order valence-corrected chi connectivity index (χ3v) is 5.97. The fourth-order valence-electron chi connectivity index (χ4n) is 2.61. The van der Waals surface area contributed by atoms with Crippen LogP contribution in [0, 0.1) is 6.92 Å². The fraction of sp³-hybridized carbons (Fsp3) is 0.294. The maximum atomic E-state index is 12.7. The lowest BCUT2D eigenvalue weighted by atomic mass is 10.1. The molecule has 2 aromatic carbocycles. The Morgan fingerprint density at radius 1 is 1.08 bits per heavy atom. The molecule has 0 aliphatic carbocycles. The van der Waals surface area contributed by atoms with Crippen LogP contribution in [0.15, 0.2) is 34.8 Å². The van der Waals surface area contributed by atoms with Crippen molar-refractivity contribution in [3.63, 3.8) is 0 Å². The van der Waals surface area contributed by atoms with Crippen LogP contribution in [0.4, 0.5) is 0 Å². The second kappa shape index (κ2) is 6.64. The third-order valence-electron chi connectivity index (χ3n) is 3.73. The maximum absolute atomic E-state index is 12.7. The van der Waals surface area contributed by atoms with E-state index >= 15 is 0 Å². The van der Waals surface area contributed by atoms with Gasteiger partial charge in [0.2, 0.25) is 6.79 Å². The van der Waals surface area contributed by atoms with Gasteiger partial charge in [-0.3, -0.25) is 0 Å². The van der Waals surface area contributed by atoms with E-state index in [2.05, 4.69) is 15.9 Å². The molecule has 0 saturated carbocycles. The number of ether oxygens (including phenoxy) is 3. The molecule has 0 bridgehead atoms. The summed E-state index contributed by atoms with van der Waals surface area (Å²) in [6, 6.07) is 8.96. The van der Waals surface area contributed by atoms with Crippen LogP contribution in [-0.2, 0) is 21.3 Å². The van der Waals surface area contributed by atoms with Gasteiger partial charge in [-0.05, 0) is 30.7 Å². The molecule has 3 rings (SSSR count). The first-order valence-corrected chi connectivity index (χ1v) is 9.91. The third kappa shape index (κ3) is 3.67. The van der Waals surface area contributed by atoms with Gasteiger partial charge in [-0.2, -0.15) is 0 Å². The topological polar surface area (TPSA) is 61.8 Å².